The third-order valence-corrected chi connectivity index (χ3v) is 2.10. The second kappa shape index (κ2) is 3.71. The molecule has 0 amide bonds. The number of morpholine rings is 1. The maximum atomic E-state index is 11.2. The maximum Gasteiger partial charge on any atom is 0.202 e. The fraction of sp³-hybridized carbons (Fsp3) is 0.444. The van der Waals surface area contributed by atoms with Gasteiger partial charge in [-0.2, -0.15) is 0 Å². The summed E-state index contributed by atoms with van der Waals surface area (Å²) in [6.07, 6.45) is 0. The Morgan fingerprint density at radius 3 is 2.64 bits per heavy atom. The minimum Gasteiger partial charge on any atom is -0.425 e. The summed E-state index contributed by atoms with van der Waals surface area (Å²) in [6.45, 7) is 2.76. The number of hydrogen-bond acceptors (Lipinski definition) is 5. The molecule has 0 unspecified atom stereocenters. The van der Waals surface area contributed by atoms with Crippen LogP contribution in [0.4, 0.5) is 11.8 Å². The van der Waals surface area contributed by atoms with E-state index in [1.165, 1.54) is 12.1 Å². The minimum absolute atomic E-state index is 0.129. The molecule has 14 heavy (non-hydrogen) atoms. The molecule has 1 aromatic heterocycles. The lowest BCUT2D eigenvalue weighted by Gasteiger charge is -2.26. The molecule has 2 heterocycles. The van der Waals surface area contributed by atoms with E-state index < -0.39 is 0 Å². The molecule has 1 fully saturated rings. The second-order valence-corrected chi connectivity index (χ2v) is 3.13. The first-order valence-corrected chi connectivity index (χ1v) is 4.49. The topological polar surface area (TPSA) is 68.7 Å². The van der Waals surface area contributed by atoms with Gasteiger partial charge in [0.05, 0.1) is 13.2 Å². The molecule has 2 rings (SSSR count). The molecule has 1 aliphatic heterocycles. The summed E-state index contributed by atoms with van der Waals surface area (Å²) < 4.78 is 10.4. The van der Waals surface area contributed by atoms with E-state index in [4.69, 9.17) is 14.9 Å². The average molecular weight is 196 g/mol. The van der Waals surface area contributed by atoms with E-state index in [9.17, 15) is 4.79 Å². The van der Waals surface area contributed by atoms with Crippen LogP contribution < -0.4 is 16.1 Å². The van der Waals surface area contributed by atoms with Gasteiger partial charge in [-0.3, -0.25) is 4.79 Å². The third kappa shape index (κ3) is 1.88. The Bertz CT molecular complexity index is 369. The Morgan fingerprint density at radius 2 is 2.00 bits per heavy atom. The Labute approximate surface area is 81.1 Å². The molecule has 0 saturated carbocycles. The van der Waals surface area contributed by atoms with Gasteiger partial charge in [0.25, 0.3) is 0 Å². The number of nitrogens with zero attached hydrogens (tertiary/aromatic N) is 1. The van der Waals surface area contributed by atoms with Gasteiger partial charge in [-0.15, -0.1) is 0 Å². The van der Waals surface area contributed by atoms with Crippen LogP contribution in [-0.4, -0.2) is 26.3 Å². The number of rotatable bonds is 1. The monoisotopic (exact) mass is 196 g/mol. The van der Waals surface area contributed by atoms with Crippen LogP contribution in [0.5, 0.6) is 0 Å². The van der Waals surface area contributed by atoms with Gasteiger partial charge in [-0.1, -0.05) is 0 Å². The van der Waals surface area contributed by atoms with Gasteiger partial charge in [-0.25, -0.2) is 0 Å². The van der Waals surface area contributed by atoms with Gasteiger partial charge in [0.15, 0.2) is 11.3 Å². The summed E-state index contributed by atoms with van der Waals surface area (Å²) in [4.78, 5) is 13.1. The summed E-state index contributed by atoms with van der Waals surface area (Å²) in [5, 5.41) is 0. The van der Waals surface area contributed by atoms with Crippen LogP contribution in [0.3, 0.4) is 0 Å². The van der Waals surface area contributed by atoms with Gasteiger partial charge in [0.1, 0.15) is 0 Å². The van der Waals surface area contributed by atoms with Crippen LogP contribution in [0.25, 0.3) is 0 Å². The molecule has 76 valence electrons. The Morgan fingerprint density at radius 1 is 1.29 bits per heavy atom. The SMILES string of the molecule is Nc1cc(=O)cc(N2CCOCC2)o1. The van der Waals surface area contributed by atoms with E-state index in [0.717, 1.165) is 13.1 Å². The van der Waals surface area contributed by atoms with Crippen molar-refractivity contribution in [1.29, 1.82) is 0 Å². The fourth-order valence-corrected chi connectivity index (χ4v) is 1.42. The second-order valence-electron chi connectivity index (χ2n) is 3.13. The zero-order chi connectivity index (χ0) is 9.97. The van der Waals surface area contributed by atoms with Gasteiger partial charge in [0.2, 0.25) is 5.88 Å². The van der Waals surface area contributed by atoms with E-state index in [1.807, 2.05) is 4.90 Å². The molecular weight excluding hydrogens is 184 g/mol. The highest BCUT2D eigenvalue weighted by Gasteiger charge is 2.13. The summed E-state index contributed by atoms with van der Waals surface area (Å²) in [7, 11) is 0. The molecule has 0 aliphatic carbocycles. The van der Waals surface area contributed by atoms with E-state index in [1.54, 1.807) is 0 Å². The van der Waals surface area contributed by atoms with Crippen molar-refractivity contribution in [3.8, 4) is 0 Å². The van der Waals surface area contributed by atoms with Crippen LogP contribution in [0.15, 0.2) is 21.3 Å². The largest absolute Gasteiger partial charge is 0.425 e. The molecule has 1 aliphatic rings. The summed E-state index contributed by atoms with van der Waals surface area (Å²) >= 11 is 0. The van der Waals surface area contributed by atoms with E-state index in [-0.39, 0.29) is 11.3 Å². The van der Waals surface area contributed by atoms with Crippen LogP contribution in [0.1, 0.15) is 0 Å². The first-order valence-electron chi connectivity index (χ1n) is 4.49. The maximum absolute atomic E-state index is 11.2. The summed E-state index contributed by atoms with van der Waals surface area (Å²) in [6, 6.07) is 2.71. The number of ether oxygens (including phenoxy) is 1. The number of nitrogen functional groups attached to an aromatic ring is 1. The van der Waals surface area contributed by atoms with E-state index >= 15 is 0 Å². The fourth-order valence-electron chi connectivity index (χ4n) is 1.42. The molecule has 0 radical (unpaired) electrons. The number of hydrogen-bond donors (Lipinski definition) is 1. The number of anilines is 2. The highest BCUT2D eigenvalue weighted by molar-refractivity contribution is 5.39. The van der Waals surface area contributed by atoms with Crippen molar-refractivity contribution in [2.24, 2.45) is 0 Å². The Hall–Kier alpha value is -1.49. The van der Waals surface area contributed by atoms with E-state index in [0.29, 0.717) is 19.1 Å². The molecule has 0 atom stereocenters. The Kier molecular flexibility index (Phi) is 2.41. The van der Waals surface area contributed by atoms with Crippen LogP contribution in [0.2, 0.25) is 0 Å². The predicted molar refractivity (Wildman–Crippen MR) is 52.4 cm³/mol. The molecule has 0 spiro atoms. The lowest BCUT2D eigenvalue weighted by atomic mass is 10.4. The van der Waals surface area contributed by atoms with Crippen molar-refractivity contribution in [3.63, 3.8) is 0 Å². The summed E-state index contributed by atoms with van der Waals surface area (Å²) in [5.74, 6) is 0.678. The van der Waals surface area contributed by atoms with Crippen molar-refractivity contribution in [2.45, 2.75) is 0 Å². The highest BCUT2D eigenvalue weighted by Crippen LogP contribution is 2.15. The lowest BCUT2D eigenvalue weighted by molar-refractivity contribution is 0.120. The quantitative estimate of drug-likeness (QED) is 0.687. The van der Waals surface area contributed by atoms with Crippen molar-refractivity contribution in [2.75, 3.05) is 36.9 Å². The van der Waals surface area contributed by atoms with Gasteiger partial charge < -0.3 is 19.8 Å². The first-order chi connectivity index (χ1) is 6.75. The molecule has 0 bridgehead atoms. The van der Waals surface area contributed by atoms with Crippen molar-refractivity contribution >= 4 is 11.8 Å². The van der Waals surface area contributed by atoms with Gasteiger partial charge in [0, 0.05) is 25.2 Å². The van der Waals surface area contributed by atoms with Crippen molar-refractivity contribution < 1.29 is 9.15 Å². The third-order valence-electron chi connectivity index (χ3n) is 2.10. The minimum atomic E-state index is -0.129. The van der Waals surface area contributed by atoms with E-state index in [2.05, 4.69) is 0 Å². The smallest absolute Gasteiger partial charge is 0.202 e. The van der Waals surface area contributed by atoms with Crippen molar-refractivity contribution in [3.05, 3.63) is 22.4 Å². The molecule has 1 aromatic rings. The molecule has 0 aromatic carbocycles. The van der Waals surface area contributed by atoms with Crippen LogP contribution in [-0.2, 0) is 4.74 Å². The number of nitrogens with two attached hydrogens (primary N) is 1. The summed E-state index contributed by atoms with van der Waals surface area (Å²) in [5.41, 5.74) is 5.31. The Balaban J connectivity index is 2.26. The van der Waals surface area contributed by atoms with Gasteiger partial charge >= 0.3 is 0 Å². The zero-order valence-electron chi connectivity index (χ0n) is 7.73. The standard InChI is InChI=1S/C9H12N2O3/c10-8-5-7(12)6-9(14-8)11-1-3-13-4-2-11/h5-6H,1-4,10H2. The van der Waals surface area contributed by atoms with Crippen LogP contribution >= 0.6 is 0 Å². The van der Waals surface area contributed by atoms with Gasteiger partial charge in [-0.05, 0) is 0 Å². The normalized spacial score (nSPS) is 17.0. The molecule has 5 nitrogen and oxygen atoms in total. The molecule has 5 heteroatoms. The first kappa shape index (κ1) is 9.08. The lowest BCUT2D eigenvalue weighted by Crippen LogP contribution is -2.36. The predicted octanol–water partition coefficient (Wildman–Crippen LogP) is 0.0586. The molecule has 1 saturated heterocycles. The molecule has 2 N–H and O–H groups in total. The highest BCUT2D eigenvalue weighted by atomic mass is 16.5. The van der Waals surface area contributed by atoms with Crippen molar-refractivity contribution in [1.82, 2.24) is 0 Å². The van der Waals surface area contributed by atoms with Crippen LogP contribution in [0, 0.1) is 0 Å². The average Bonchev–Trinajstić information content (AvgIpc) is 2.18. The molecular formula is C9H12N2O3. The zero-order valence-corrected chi connectivity index (χ0v) is 7.73.